The minimum absolute atomic E-state index is 0.00971. The first kappa shape index (κ1) is 27.3. The van der Waals surface area contributed by atoms with Gasteiger partial charge in [0.1, 0.15) is 18.4 Å². The van der Waals surface area contributed by atoms with E-state index in [9.17, 15) is 14.4 Å². The fourth-order valence-corrected chi connectivity index (χ4v) is 5.97. The highest BCUT2D eigenvalue weighted by atomic mass is 16.5. The molecule has 3 atom stereocenters. The maximum atomic E-state index is 13.5. The van der Waals surface area contributed by atoms with Crippen LogP contribution in [0.5, 0.6) is 5.75 Å². The molecule has 0 spiro atoms. The van der Waals surface area contributed by atoms with Crippen molar-refractivity contribution in [3.8, 4) is 5.75 Å². The number of nitrogens with one attached hydrogen (secondary N) is 2. The Morgan fingerprint density at radius 1 is 0.810 bits per heavy atom. The number of likely N-dealkylation sites (tertiary alicyclic amines) is 1. The number of aromatic nitrogens is 1. The summed E-state index contributed by atoms with van der Waals surface area (Å²) in [6, 6.07) is 31.1. The van der Waals surface area contributed by atoms with Crippen molar-refractivity contribution < 1.29 is 14.3 Å². The van der Waals surface area contributed by atoms with Crippen LogP contribution in [0.4, 0.5) is 10.5 Å². The molecule has 0 saturated carbocycles. The van der Waals surface area contributed by atoms with Gasteiger partial charge in [-0.3, -0.25) is 9.59 Å². The number of ether oxygens (including phenoxy) is 1. The van der Waals surface area contributed by atoms with E-state index in [1.165, 1.54) is 0 Å². The van der Waals surface area contributed by atoms with E-state index in [0.29, 0.717) is 44.1 Å². The maximum absolute atomic E-state index is 13.5. The predicted molar refractivity (Wildman–Crippen MR) is 161 cm³/mol. The van der Waals surface area contributed by atoms with E-state index >= 15 is 0 Å². The fraction of sp³-hybridized carbons (Fsp3) is 0.265. The molecule has 3 aromatic carbocycles. The normalized spacial score (nSPS) is 18.0. The van der Waals surface area contributed by atoms with Crippen molar-refractivity contribution in [2.45, 2.75) is 38.0 Å². The molecule has 4 aromatic rings. The van der Waals surface area contributed by atoms with Gasteiger partial charge in [-0.2, -0.15) is 0 Å². The second-order valence-corrected chi connectivity index (χ2v) is 11.1. The molecule has 1 saturated heterocycles. The van der Waals surface area contributed by atoms with Crippen molar-refractivity contribution in [3.05, 3.63) is 130 Å². The Hall–Kier alpha value is -4.85. The summed E-state index contributed by atoms with van der Waals surface area (Å²) in [5.41, 5.74) is 3.63. The number of urea groups is 1. The zero-order chi connectivity index (χ0) is 28.9. The molecule has 3 amide bonds. The number of anilines is 1. The minimum atomic E-state index is -0.773. The van der Waals surface area contributed by atoms with Crippen molar-refractivity contribution >= 4 is 17.6 Å². The molecule has 3 unspecified atom stereocenters. The van der Waals surface area contributed by atoms with Crippen molar-refractivity contribution in [1.82, 2.24) is 14.8 Å². The number of pyridine rings is 1. The average molecular weight is 563 g/mol. The number of rotatable bonds is 8. The molecule has 0 aliphatic carbocycles. The van der Waals surface area contributed by atoms with Gasteiger partial charge in [0.05, 0.1) is 0 Å². The molecule has 2 aliphatic heterocycles. The Morgan fingerprint density at radius 2 is 1.52 bits per heavy atom. The Labute approximate surface area is 244 Å². The number of amides is 3. The third kappa shape index (κ3) is 6.38. The van der Waals surface area contributed by atoms with Crippen LogP contribution < -0.4 is 20.9 Å². The molecule has 6 rings (SSSR count). The van der Waals surface area contributed by atoms with Crippen molar-refractivity contribution in [2.24, 2.45) is 5.92 Å². The molecule has 1 fully saturated rings. The Balaban J connectivity index is 1.12. The molecular weight excluding hydrogens is 528 g/mol. The highest BCUT2D eigenvalue weighted by Gasteiger charge is 2.37. The summed E-state index contributed by atoms with van der Waals surface area (Å²) < 4.78 is 7.71. The van der Waals surface area contributed by atoms with Gasteiger partial charge in [0.25, 0.3) is 5.56 Å². The first-order valence-electron chi connectivity index (χ1n) is 14.4. The Morgan fingerprint density at radius 3 is 2.26 bits per heavy atom. The van der Waals surface area contributed by atoms with E-state index in [-0.39, 0.29) is 29.3 Å². The molecule has 2 aliphatic rings. The van der Waals surface area contributed by atoms with Gasteiger partial charge >= 0.3 is 6.03 Å². The summed E-state index contributed by atoms with van der Waals surface area (Å²) >= 11 is 0. The first-order valence-corrected chi connectivity index (χ1v) is 14.4. The summed E-state index contributed by atoms with van der Waals surface area (Å²) in [7, 11) is 0. The van der Waals surface area contributed by atoms with Crippen molar-refractivity contribution in [1.29, 1.82) is 0 Å². The fourth-order valence-electron chi connectivity index (χ4n) is 5.97. The maximum Gasteiger partial charge on any atom is 0.318 e. The summed E-state index contributed by atoms with van der Waals surface area (Å²) in [5, 5.41) is 5.98. The summed E-state index contributed by atoms with van der Waals surface area (Å²) in [6.07, 6.45) is 1.31. The SMILES string of the molecule is O=C(Nc1ccc(OCc2ccccc2)cc1)C(Cc1ccccc1)NC(=O)N1CC2CC(C1)c1cccc(=O)n1C2. The smallest absolute Gasteiger partial charge is 0.318 e. The zero-order valence-electron chi connectivity index (χ0n) is 23.3. The van der Waals surface area contributed by atoms with Gasteiger partial charge < -0.3 is 24.8 Å². The summed E-state index contributed by atoms with van der Waals surface area (Å²) in [5.74, 6) is 0.706. The molecule has 8 nitrogen and oxygen atoms in total. The van der Waals surface area contributed by atoms with Gasteiger partial charge in [0.2, 0.25) is 5.91 Å². The monoisotopic (exact) mass is 562 g/mol. The molecule has 42 heavy (non-hydrogen) atoms. The lowest BCUT2D eigenvalue weighted by atomic mass is 9.83. The number of fused-ring (bicyclic) bond motifs is 4. The van der Waals surface area contributed by atoms with E-state index in [0.717, 1.165) is 23.2 Å². The first-order chi connectivity index (χ1) is 20.5. The average Bonchev–Trinajstić information content (AvgIpc) is 3.02. The lowest BCUT2D eigenvalue weighted by Gasteiger charge is -2.43. The lowest BCUT2D eigenvalue weighted by Crippen LogP contribution is -2.55. The third-order valence-corrected chi connectivity index (χ3v) is 8.03. The van der Waals surface area contributed by atoms with Crippen LogP contribution in [0, 0.1) is 5.92 Å². The molecule has 214 valence electrons. The van der Waals surface area contributed by atoms with Gasteiger partial charge in [-0.25, -0.2) is 4.79 Å². The molecule has 2 bridgehead atoms. The van der Waals surface area contributed by atoms with Crippen LogP contribution >= 0.6 is 0 Å². The third-order valence-electron chi connectivity index (χ3n) is 8.03. The van der Waals surface area contributed by atoms with Crippen LogP contribution in [-0.2, 0) is 24.4 Å². The quantitative estimate of drug-likeness (QED) is 0.323. The van der Waals surface area contributed by atoms with E-state index in [1.807, 2.05) is 83.4 Å². The van der Waals surface area contributed by atoms with Crippen LogP contribution in [0.2, 0.25) is 0 Å². The molecule has 8 heteroatoms. The molecule has 1 aromatic heterocycles. The largest absolute Gasteiger partial charge is 0.489 e. The number of benzene rings is 3. The van der Waals surface area contributed by atoms with Crippen LogP contribution in [0.1, 0.15) is 29.2 Å². The predicted octanol–water partition coefficient (Wildman–Crippen LogP) is 4.81. The van der Waals surface area contributed by atoms with E-state index in [4.69, 9.17) is 4.74 Å². The molecule has 0 radical (unpaired) electrons. The van der Waals surface area contributed by atoms with Gasteiger partial charge in [0.15, 0.2) is 0 Å². The Kier molecular flexibility index (Phi) is 8.03. The lowest BCUT2D eigenvalue weighted by molar-refractivity contribution is -0.118. The molecule has 3 heterocycles. The van der Waals surface area contributed by atoms with Gasteiger partial charge in [0, 0.05) is 49.4 Å². The number of piperidine rings is 1. The number of carbonyl (C=O) groups is 2. The van der Waals surface area contributed by atoms with Crippen LogP contribution in [0.3, 0.4) is 0 Å². The molecule has 2 N–H and O–H groups in total. The van der Waals surface area contributed by atoms with Crippen LogP contribution in [0.25, 0.3) is 0 Å². The number of hydrogen-bond donors (Lipinski definition) is 2. The van der Waals surface area contributed by atoms with Crippen LogP contribution in [0.15, 0.2) is 108 Å². The number of nitrogens with zero attached hydrogens (tertiary/aromatic N) is 2. The van der Waals surface area contributed by atoms with Crippen molar-refractivity contribution in [3.63, 3.8) is 0 Å². The highest BCUT2D eigenvalue weighted by molar-refractivity contribution is 5.97. The van der Waals surface area contributed by atoms with E-state index < -0.39 is 6.04 Å². The second kappa shape index (κ2) is 12.3. The highest BCUT2D eigenvalue weighted by Crippen LogP contribution is 2.35. The van der Waals surface area contributed by atoms with Gasteiger partial charge in [-0.1, -0.05) is 66.7 Å². The number of carbonyl (C=O) groups excluding carboxylic acids is 2. The minimum Gasteiger partial charge on any atom is -0.489 e. The Bertz CT molecular complexity index is 1590. The van der Waals surface area contributed by atoms with E-state index in [1.54, 1.807) is 29.2 Å². The summed E-state index contributed by atoms with van der Waals surface area (Å²) in [6.45, 7) is 2.12. The van der Waals surface area contributed by atoms with Gasteiger partial charge in [-0.05, 0) is 53.8 Å². The summed E-state index contributed by atoms with van der Waals surface area (Å²) in [4.78, 5) is 41.2. The van der Waals surface area contributed by atoms with Gasteiger partial charge in [-0.15, -0.1) is 0 Å². The zero-order valence-corrected chi connectivity index (χ0v) is 23.3. The number of hydrogen-bond acceptors (Lipinski definition) is 4. The standard InChI is InChI=1S/C34H34N4O4/c39-32-13-7-12-31-27-18-26(21-38(31)32)20-37(22-27)34(41)36-30(19-24-8-3-1-4-9-24)33(40)35-28-14-16-29(17-15-28)42-23-25-10-5-2-6-11-25/h1-17,26-27,30H,18-23H2,(H,35,40)(H,36,41). The molecular formula is C34H34N4O4. The van der Waals surface area contributed by atoms with Crippen molar-refractivity contribution in [2.75, 3.05) is 18.4 Å². The topological polar surface area (TPSA) is 92.7 Å². The van der Waals surface area contributed by atoms with E-state index in [2.05, 4.69) is 10.6 Å². The van der Waals surface area contributed by atoms with Crippen LogP contribution in [-0.4, -0.2) is 40.5 Å². The second-order valence-electron chi connectivity index (χ2n) is 11.1.